The van der Waals surface area contributed by atoms with E-state index in [1.54, 1.807) is 16.7 Å². The van der Waals surface area contributed by atoms with E-state index in [1.807, 2.05) is 0 Å². The topological polar surface area (TPSA) is 58.2 Å². The Bertz CT molecular complexity index is 819. The first kappa shape index (κ1) is 17.5. The van der Waals surface area contributed by atoms with Gasteiger partial charge in [-0.25, -0.2) is 8.78 Å². The molecule has 2 N–H and O–H groups in total. The summed E-state index contributed by atoms with van der Waals surface area (Å²) in [6, 6.07) is 2.08. The van der Waals surface area contributed by atoms with Crippen molar-refractivity contribution in [2.45, 2.75) is 31.7 Å². The smallest absolute Gasteiger partial charge is 0.253 e. The molecule has 1 aliphatic carbocycles. The second-order valence-corrected chi connectivity index (χ2v) is 6.92. The molecule has 0 aliphatic heterocycles. The third-order valence-corrected chi connectivity index (χ3v) is 5.46. The summed E-state index contributed by atoms with van der Waals surface area (Å²) in [7, 11) is 1.42. The Hall–Kier alpha value is -2.28. The number of thiophene rings is 1. The van der Waals surface area contributed by atoms with Crippen LogP contribution in [0.4, 0.5) is 8.78 Å². The number of amides is 2. The highest BCUT2D eigenvalue weighted by Crippen LogP contribution is 2.30. The Morgan fingerprint density at radius 3 is 2.64 bits per heavy atom. The lowest BCUT2D eigenvalue weighted by molar-refractivity contribution is -0.122. The molecule has 7 heteroatoms. The Morgan fingerprint density at radius 2 is 1.92 bits per heavy atom. The maximum atomic E-state index is 13.5. The highest BCUT2D eigenvalue weighted by atomic mass is 32.1. The van der Waals surface area contributed by atoms with Crippen LogP contribution >= 0.6 is 11.3 Å². The van der Waals surface area contributed by atoms with Crippen molar-refractivity contribution in [1.82, 2.24) is 10.6 Å². The van der Waals surface area contributed by atoms with Gasteiger partial charge >= 0.3 is 0 Å². The van der Waals surface area contributed by atoms with E-state index >= 15 is 0 Å². The zero-order valence-electron chi connectivity index (χ0n) is 13.7. The van der Waals surface area contributed by atoms with Gasteiger partial charge in [-0.3, -0.25) is 9.59 Å². The summed E-state index contributed by atoms with van der Waals surface area (Å²) in [5.74, 6) is -2.94. The predicted molar refractivity (Wildman–Crippen MR) is 91.6 cm³/mol. The molecular formula is C18H18F2N2O2S. The minimum Gasteiger partial charge on any atom is -0.357 e. The van der Waals surface area contributed by atoms with Gasteiger partial charge in [-0.15, -0.1) is 11.3 Å². The fraction of sp³-hybridized carbons (Fsp3) is 0.333. The average Bonchev–Trinajstić information content (AvgIpc) is 3.05. The van der Waals surface area contributed by atoms with Crippen LogP contribution < -0.4 is 10.6 Å². The van der Waals surface area contributed by atoms with E-state index in [-0.39, 0.29) is 11.5 Å². The van der Waals surface area contributed by atoms with E-state index in [0.717, 1.165) is 43.4 Å². The summed E-state index contributed by atoms with van der Waals surface area (Å²) in [6.45, 7) is 0. The molecule has 3 rings (SSSR count). The van der Waals surface area contributed by atoms with E-state index < -0.39 is 23.6 Å². The number of fused-ring (bicyclic) bond motifs is 1. The van der Waals surface area contributed by atoms with Crippen LogP contribution in [0.2, 0.25) is 0 Å². The molecule has 0 radical (unpaired) electrons. The lowest BCUT2D eigenvalue weighted by Gasteiger charge is -2.19. The number of aryl methyl sites for hydroxylation is 1. The van der Waals surface area contributed by atoms with Crippen molar-refractivity contribution < 1.29 is 18.4 Å². The first-order chi connectivity index (χ1) is 12.0. The molecule has 1 heterocycles. The van der Waals surface area contributed by atoms with E-state index in [9.17, 15) is 18.4 Å². The molecule has 0 saturated heterocycles. The van der Waals surface area contributed by atoms with Gasteiger partial charge in [0.05, 0.1) is 5.56 Å². The van der Waals surface area contributed by atoms with E-state index in [4.69, 9.17) is 0 Å². The van der Waals surface area contributed by atoms with Gasteiger partial charge in [-0.05, 0) is 48.9 Å². The van der Waals surface area contributed by atoms with Crippen LogP contribution in [0.1, 0.15) is 45.2 Å². The molecule has 1 aliphatic rings. The highest BCUT2D eigenvalue weighted by molar-refractivity contribution is 7.10. The molecule has 0 spiro atoms. The number of carbonyl (C=O) groups is 2. The van der Waals surface area contributed by atoms with Crippen molar-refractivity contribution in [3.05, 3.63) is 56.8 Å². The zero-order chi connectivity index (χ0) is 18.0. The monoisotopic (exact) mass is 364 g/mol. The molecule has 25 heavy (non-hydrogen) atoms. The summed E-state index contributed by atoms with van der Waals surface area (Å²) in [4.78, 5) is 26.1. The van der Waals surface area contributed by atoms with Crippen molar-refractivity contribution in [2.24, 2.45) is 0 Å². The second-order valence-electron chi connectivity index (χ2n) is 5.95. The maximum Gasteiger partial charge on any atom is 0.253 e. The number of halogens is 2. The summed E-state index contributed by atoms with van der Waals surface area (Å²) < 4.78 is 26.7. The lowest BCUT2D eigenvalue weighted by atomic mass is 9.95. The first-order valence-electron chi connectivity index (χ1n) is 8.08. The van der Waals surface area contributed by atoms with Gasteiger partial charge in [0.25, 0.3) is 5.91 Å². The van der Waals surface area contributed by atoms with Crippen molar-refractivity contribution in [3.63, 3.8) is 0 Å². The molecule has 132 valence electrons. The largest absolute Gasteiger partial charge is 0.357 e. The standard InChI is InChI=1S/C18H18F2N2O2S/c1-21-18(24)16(10-6-7-13(19)14(20)8-10)22-17(23)12-9-25-15-5-3-2-4-11(12)15/h6-9,16H,2-5H2,1H3,(H,21,24)(H,22,23). The maximum absolute atomic E-state index is 13.5. The normalized spacial score (nSPS) is 14.5. The van der Waals surface area contributed by atoms with Crippen LogP contribution in [-0.4, -0.2) is 18.9 Å². The van der Waals surface area contributed by atoms with Crippen molar-refractivity contribution in [2.75, 3.05) is 7.05 Å². The predicted octanol–water partition coefficient (Wildman–Crippen LogP) is 3.12. The molecule has 1 aromatic heterocycles. The van der Waals surface area contributed by atoms with Gasteiger partial charge in [0.15, 0.2) is 11.6 Å². The number of nitrogens with one attached hydrogen (secondary N) is 2. The average molecular weight is 364 g/mol. The highest BCUT2D eigenvalue weighted by Gasteiger charge is 2.26. The molecule has 1 unspecified atom stereocenters. The third kappa shape index (κ3) is 3.56. The molecule has 0 bridgehead atoms. The van der Waals surface area contributed by atoms with Crippen LogP contribution in [0, 0.1) is 11.6 Å². The van der Waals surface area contributed by atoms with Gasteiger partial charge in [0.1, 0.15) is 6.04 Å². The summed E-state index contributed by atoms with van der Waals surface area (Å²) >= 11 is 1.55. The number of hydrogen-bond donors (Lipinski definition) is 2. The fourth-order valence-electron chi connectivity index (χ4n) is 3.03. The number of rotatable bonds is 4. The quantitative estimate of drug-likeness (QED) is 0.876. The molecular weight excluding hydrogens is 346 g/mol. The number of hydrogen-bond acceptors (Lipinski definition) is 3. The van der Waals surface area contributed by atoms with Crippen molar-refractivity contribution in [3.8, 4) is 0 Å². The van der Waals surface area contributed by atoms with Gasteiger partial charge in [-0.1, -0.05) is 6.07 Å². The summed E-state index contributed by atoms with van der Waals surface area (Å²) in [5, 5.41) is 6.90. The fourth-order valence-corrected chi connectivity index (χ4v) is 4.16. The molecule has 0 fully saturated rings. The molecule has 4 nitrogen and oxygen atoms in total. The Balaban J connectivity index is 1.87. The number of carbonyl (C=O) groups excluding carboxylic acids is 2. The SMILES string of the molecule is CNC(=O)C(NC(=O)c1csc2c1CCCC2)c1ccc(F)c(F)c1. The van der Waals surface area contributed by atoms with E-state index in [0.29, 0.717) is 5.56 Å². The van der Waals surface area contributed by atoms with Gasteiger partial charge in [0, 0.05) is 17.3 Å². The zero-order valence-corrected chi connectivity index (χ0v) is 14.5. The van der Waals surface area contributed by atoms with E-state index in [1.165, 1.54) is 18.0 Å². The minimum atomic E-state index is -1.09. The summed E-state index contributed by atoms with van der Waals surface area (Å²) in [6.07, 6.45) is 3.96. The Labute approximate surface area is 148 Å². The van der Waals surface area contributed by atoms with Crippen LogP contribution in [-0.2, 0) is 17.6 Å². The lowest BCUT2D eigenvalue weighted by Crippen LogP contribution is -2.39. The summed E-state index contributed by atoms with van der Waals surface area (Å²) in [5.41, 5.74) is 1.79. The Kier molecular flexibility index (Phi) is 5.13. The van der Waals surface area contributed by atoms with Crippen LogP contribution in [0.25, 0.3) is 0 Å². The van der Waals surface area contributed by atoms with Crippen LogP contribution in [0.3, 0.4) is 0 Å². The molecule has 0 saturated carbocycles. The molecule has 2 aromatic rings. The van der Waals surface area contributed by atoms with Crippen LogP contribution in [0.15, 0.2) is 23.6 Å². The second kappa shape index (κ2) is 7.31. The van der Waals surface area contributed by atoms with Gasteiger partial charge < -0.3 is 10.6 Å². The molecule has 1 atom stereocenters. The van der Waals surface area contributed by atoms with E-state index in [2.05, 4.69) is 10.6 Å². The van der Waals surface area contributed by atoms with Crippen molar-refractivity contribution >= 4 is 23.2 Å². The minimum absolute atomic E-state index is 0.190. The van der Waals surface area contributed by atoms with Gasteiger partial charge in [0.2, 0.25) is 5.91 Å². The van der Waals surface area contributed by atoms with Crippen molar-refractivity contribution in [1.29, 1.82) is 0 Å². The van der Waals surface area contributed by atoms with Crippen LogP contribution in [0.5, 0.6) is 0 Å². The van der Waals surface area contributed by atoms with Gasteiger partial charge in [-0.2, -0.15) is 0 Å². The molecule has 1 aromatic carbocycles. The number of benzene rings is 1. The Morgan fingerprint density at radius 1 is 1.16 bits per heavy atom. The first-order valence-corrected chi connectivity index (χ1v) is 8.96. The molecule has 2 amide bonds. The third-order valence-electron chi connectivity index (χ3n) is 4.37. The number of likely N-dealkylation sites (N-methyl/N-ethyl adjacent to an activating group) is 1.